The molecule has 0 atom stereocenters. The summed E-state index contributed by atoms with van der Waals surface area (Å²) in [5.41, 5.74) is 0.953. The van der Waals surface area contributed by atoms with Gasteiger partial charge >= 0.3 is 5.69 Å². The maximum Gasteiger partial charge on any atom is 0.306 e. The summed E-state index contributed by atoms with van der Waals surface area (Å²) >= 11 is 0. The number of nitro groups is 1. The first-order valence-corrected chi connectivity index (χ1v) is 11.2. The van der Waals surface area contributed by atoms with Gasteiger partial charge in [0.05, 0.1) is 9.82 Å². The third-order valence-electron chi connectivity index (χ3n) is 5.16. The van der Waals surface area contributed by atoms with E-state index in [9.17, 15) is 23.3 Å². The van der Waals surface area contributed by atoms with Crippen molar-refractivity contribution in [1.29, 1.82) is 0 Å². The second-order valence-electron chi connectivity index (χ2n) is 7.48. The van der Waals surface area contributed by atoms with Crippen molar-refractivity contribution < 1.29 is 18.1 Å². The van der Waals surface area contributed by atoms with Crippen molar-refractivity contribution in [3.63, 3.8) is 0 Å². The molecule has 0 N–H and O–H groups in total. The van der Waals surface area contributed by atoms with Gasteiger partial charge in [0.15, 0.2) is 0 Å². The number of carbonyl (C=O) groups excluding carboxylic acids is 1. The average Bonchev–Trinajstić information content (AvgIpc) is 3.21. The third-order valence-corrected chi connectivity index (χ3v) is 7.07. The molecule has 1 aromatic heterocycles. The third kappa shape index (κ3) is 4.85. The molecule has 0 unspecified atom stereocenters. The number of carbonyl (C=O) groups is 1. The summed E-state index contributed by atoms with van der Waals surface area (Å²) in [4.78, 5) is 24.4. The Labute approximate surface area is 175 Å². The summed E-state index contributed by atoms with van der Waals surface area (Å²) in [6, 6.07) is 6.92. The highest BCUT2D eigenvalue weighted by Crippen LogP contribution is 2.21. The van der Waals surface area contributed by atoms with Crippen molar-refractivity contribution in [3.8, 4) is 0 Å². The molecule has 2 aromatic rings. The molecule has 11 heteroatoms. The predicted molar refractivity (Wildman–Crippen MR) is 109 cm³/mol. The van der Waals surface area contributed by atoms with Gasteiger partial charge in [0.25, 0.3) is 0 Å². The van der Waals surface area contributed by atoms with Crippen molar-refractivity contribution in [2.24, 2.45) is 0 Å². The first-order chi connectivity index (χ1) is 14.2. The zero-order valence-electron chi connectivity index (χ0n) is 17.0. The summed E-state index contributed by atoms with van der Waals surface area (Å²) in [5, 5.41) is 14.5. The van der Waals surface area contributed by atoms with E-state index in [-0.39, 0.29) is 42.5 Å². The van der Waals surface area contributed by atoms with E-state index < -0.39 is 14.9 Å². The van der Waals surface area contributed by atoms with Gasteiger partial charge in [-0.3, -0.25) is 19.6 Å². The minimum absolute atomic E-state index is 0.123. The second-order valence-corrected chi connectivity index (χ2v) is 9.42. The number of sulfonamides is 1. The molecule has 0 radical (unpaired) electrons. The maximum atomic E-state index is 12.9. The Morgan fingerprint density at radius 3 is 2.33 bits per heavy atom. The van der Waals surface area contributed by atoms with Crippen molar-refractivity contribution in [2.75, 3.05) is 26.2 Å². The molecule has 10 nitrogen and oxygen atoms in total. The Morgan fingerprint density at radius 2 is 1.80 bits per heavy atom. The lowest BCUT2D eigenvalue weighted by atomic mass is 10.0. The van der Waals surface area contributed by atoms with Crippen LogP contribution >= 0.6 is 0 Å². The number of aryl methyl sites for hydroxylation is 1. The van der Waals surface area contributed by atoms with E-state index in [2.05, 4.69) is 5.10 Å². The van der Waals surface area contributed by atoms with Crippen LogP contribution in [0.3, 0.4) is 0 Å². The Morgan fingerprint density at radius 1 is 1.17 bits per heavy atom. The van der Waals surface area contributed by atoms with Crippen molar-refractivity contribution in [2.45, 2.75) is 37.6 Å². The van der Waals surface area contributed by atoms with Crippen LogP contribution in [0.2, 0.25) is 0 Å². The molecule has 0 spiro atoms. The lowest BCUT2D eigenvalue weighted by Gasteiger charge is -2.34. The lowest BCUT2D eigenvalue weighted by Crippen LogP contribution is -2.50. The van der Waals surface area contributed by atoms with E-state index in [1.54, 1.807) is 17.0 Å². The minimum atomic E-state index is -3.60. The molecule has 3 rings (SSSR count). The smallest absolute Gasteiger partial charge is 0.306 e. The van der Waals surface area contributed by atoms with Crippen LogP contribution in [-0.2, 0) is 21.4 Å². The molecule has 1 saturated heterocycles. The summed E-state index contributed by atoms with van der Waals surface area (Å²) in [7, 11) is -3.60. The zero-order chi connectivity index (χ0) is 21.9. The lowest BCUT2D eigenvalue weighted by molar-refractivity contribution is -0.385. The molecule has 30 heavy (non-hydrogen) atoms. The van der Waals surface area contributed by atoms with Gasteiger partial charge < -0.3 is 4.90 Å². The van der Waals surface area contributed by atoms with Crippen LogP contribution in [0.4, 0.5) is 5.69 Å². The highest BCUT2D eigenvalue weighted by atomic mass is 32.2. The normalized spacial score (nSPS) is 15.5. The van der Waals surface area contributed by atoms with Crippen molar-refractivity contribution in [1.82, 2.24) is 19.0 Å². The fourth-order valence-electron chi connectivity index (χ4n) is 3.29. The Kier molecular flexibility index (Phi) is 6.52. The van der Waals surface area contributed by atoms with E-state index >= 15 is 0 Å². The second kappa shape index (κ2) is 8.92. The molecular weight excluding hydrogens is 410 g/mol. The largest absolute Gasteiger partial charge is 0.340 e. The Hall–Kier alpha value is -2.79. The number of nitrogens with zero attached hydrogens (tertiary/aromatic N) is 5. The first kappa shape index (κ1) is 21.9. The fraction of sp³-hybridized carbons (Fsp3) is 0.474. The Bertz CT molecular complexity index is 1010. The monoisotopic (exact) mass is 435 g/mol. The quantitative estimate of drug-likeness (QED) is 0.484. The van der Waals surface area contributed by atoms with E-state index in [4.69, 9.17) is 0 Å². The van der Waals surface area contributed by atoms with Gasteiger partial charge in [0.2, 0.25) is 15.9 Å². The summed E-state index contributed by atoms with van der Waals surface area (Å²) in [6.45, 7) is 5.40. The van der Waals surface area contributed by atoms with Crippen LogP contribution in [0.15, 0.2) is 41.6 Å². The van der Waals surface area contributed by atoms with Gasteiger partial charge in [-0.1, -0.05) is 26.0 Å². The van der Waals surface area contributed by atoms with Crippen LogP contribution < -0.4 is 0 Å². The number of hydrogen-bond donors (Lipinski definition) is 0. The molecular formula is C19H25N5O5S. The molecule has 1 aromatic carbocycles. The topological polar surface area (TPSA) is 119 Å². The number of amides is 1. The van der Waals surface area contributed by atoms with Crippen LogP contribution in [0, 0.1) is 10.1 Å². The molecule has 1 fully saturated rings. The van der Waals surface area contributed by atoms with E-state index in [1.165, 1.54) is 15.2 Å². The van der Waals surface area contributed by atoms with Crippen LogP contribution in [0.1, 0.15) is 31.7 Å². The van der Waals surface area contributed by atoms with E-state index in [0.717, 1.165) is 11.8 Å². The summed E-state index contributed by atoms with van der Waals surface area (Å²) in [6.07, 6.45) is 2.56. The van der Waals surface area contributed by atoms with Crippen LogP contribution in [-0.4, -0.2) is 64.4 Å². The van der Waals surface area contributed by atoms with Gasteiger partial charge in [0.1, 0.15) is 12.4 Å². The molecule has 0 saturated carbocycles. The number of benzene rings is 1. The molecule has 1 amide bonds. The number of aromatic nitrogens is 2. The van der Waals surface area contributed by atoms with Gasteiger partial charge in [-0.15, -0.1) is 0 Å². The van der Waals surface area contributed by atoms with Crippen LogP contribution in [0.5, 0.6) is 0 Å². The van der Waals surface area contributed by atoms with Gasteiger partial charge in [-0.2, -0.15) is 9.40 Å². The number of piperazine rings is 1. The fourth-order valence-corrected chi connectivity index (χ4v) is 4.71. The molecule has 2 heterocycles. The van der Waals surface area contributed by atoms with E-state index in [0.29, 0.717) is 19.0 Å². The summed E-state index contributed by atoms with van der Waals surface area (Å²) in [5.74, 6) is 0.190. The minimum Gasteiger partial charge on any atom is -0.340 e. The van der Waals surface area contributed by atoms with E-state index in [1.807, 2.05) is 26.0 Å². The molecule has 162 valence electrons. The van der Waals surface area contributed by atoms with Gasteiger partial charge in [0, 0.05) is 39.1 Å². The Balaban J connectivity index is 1.54. The SMILES string of the molecule is CC(C)c1ccc(S(=O)(=O)N2CCN(C(=O)CCn3cc([N+](=O)[O-])cn3)CC2)cc1. The highest BCUT2D eigenvalue weighted by molar-refractivity contribution is 7.89. The highest BCUT2D eigenvalue weighted by Gasteiger charge is 2.30. The molecule has 1 aliphatic heterocycles. The van der Waals surface area contributed by atoms with Gasteiger partial charge in [-0.05, 0) is 23.6 Å². The maximum absolute atomic E-state index is 12.9. The molecule has 1 aliphatic rings. The molecule has 0 bridgehead atoms. The number of hydrogen-bond acceptors (Lipinski definition) is 6. The van der Waals surface area contributed by atoms with Crippen LogP contribution in [0.25, 0.3) is 0 Å². The predicted octanol–water partition coefficient (Wildman–Crippen LogP) is 1.84. The first-order valence-electron chi connectivity index (χ1n) is 9.73. The zero-order valence-corrected chi connectivity index (χ0v) is 17.8. The van der Waals surface area contributed by atoms with Gasteiger partial charge in [-0.25, -0.2) is 8.42 Å². The average molecular weight is 436 g/mol. The molecule has 0 aliphatic carbocycles. The summed E-state index contributed by atoms with van der Waals surface area (Å²) < 4.78 is 28.5. The number of rotatable bonds is 7. The standard InChI is InChI=1S/C19H25N5O5S/c1-15(2)16-3-5-18(6-4-16)30(28,29)23-11-9-21(10-12-23)19(25)7-8-22-14-17(13-20-22)24(26)27/h3-6,13-15H,7-12H2,1-2H3. The van der Waals surface area contributed by atoms with Crippen molar-refractivity contribution in [3.05, 3.63) is 52.3 Å². The van der Waals surface area contributed by atoms with Crippen molar-refractivity contribution >= 4 is 21.6 Å².